The number of nitrogen functional groups attached to an aromatic ring is 1. The molecule has 1 saturated carbocycles. The summed E-state index contributed by atoms with van der Waals surface area (Å²) >= 11 is 1.34. The van der Waals surface area contributed by atoms with Crippen LogP contribution in [0.15, 0.2) is 29.6 Å². The third-order valence-corrected chi connectivity index (χ3v) is 7.47. The van der Waals surface area contributed by atoms with E-state index in [0.717, 1.165) is 34.4 Å². The van der Waals surface area contributed by atoms with Crippen LogP contribution in [-0.4, -0.2) is 57.2 Å². The smallest absolute Gasteiger partial charge is 0.340 e. The van der Waals surface area contributed by atoms with E-state index in [2.05, 4.69) is 29.2 Å². The third-order valence-electron chi connectivity index (χ3n) is 6.59. The Balaban J connectivity index is 1.78. The number of hydrogen-bond acceptors (Lipinski definition) is 8. The molecule has 11 heteroatoms. The van der Waals surface area contributed by atoms with Gasteiger partial charge in [0.05, 0.1) is 5.52 Å². The van der Waals surface area contributed by atoms with Gasteiger partial charge in [-0.2, -0.15) is 0 Å². The molecule has 39 heavy (non-hydrogen) atoms. The van der Waals surface area contributed by atoms with Crippen molar-refractivity contribution in [3.8, 4) is 0 Å². The van der Waals surface area contributed by atoms with Gasteiger partial charge in [-0.25, -0.2) is 15.6 Å². The Labute approximate surface area is 232 Å². The number of aromatic nitrogens is 2. The van der Waals surface area contributed by atoms with Crippen LogP contribution in [0.3, 0.4) is 0 Å². The van der Waals surface area contributed by atoms with E-state index in [0.29, 0.717) is 28.0 Å². The van der Waals surface area contributed by atoms with Gasteiger partial charge in [-0.05, 0) is 56.2 Å². The highest BCUT2D eigenvalue weighted by atomic mass is 32.1. The van der Waals surface area contributed by atoms with Crippen molar-refractivity contribution in [3.63, 3.8) is 0 Å². The van der Waals surface area contributed by atoms with Gasteiger partial charge in [0.15, 0.2) is 5.13 Å². The van der Waals surface area contributed by atoms with Gasteiger partial charge in [-0.1, -0.05) is 39.3 Å². The van der Waals surface area contributed by atoms with Gasteiger partial charge in [0.25, 0.3) is 11.8 Å². The van der Waals surface area contributed by atoms with Gasteiger partial charge in [0.1, 0.15) is 17.4 Å². The van der Waals surface area contributed by atoms with E-state index in [4.69, 9.17) is 5.84 Å². The van der Waals surface area contributed by atoms with Gasteiger partial charge < -0.3 is 4.90 Å². The van der Waals surface area contributed by atoms with Crippen molar-refractivity contribution in [1.29, 1.82) is 0 Å². The molecule has 0 aliphatic heterocycles. The van der Waals surface area contributed by atoms with E-state index in [-0.39, 0.29) is 23.7 Å². The first kappa shape index (κ1) is 28.4. The van der Waals surface area contributed by atoms with E-state index in [1.54, 1.807) is 17.5 Å². The van der Waals surface area contributed by atoms with Crippen LogP contribution in [0.1, 0.15) is 73.5 Å². The Bertz CT molecular complexity index is 1390. The highest BCUT2D eigenvalue weighted by Crippen LogP contribution is 2.34. The molecular weight excluding hydrogens is 516 g/mol. The van der Waals surface area contributed by atoms with E-state index in [1.807, 2.05) is 33.1 Å². The number of nitrogens with two attached hydrogens (primary N) is 1. The zero-order valence-corrected chi connectivity index (χ0v) is 23.7. The van der Waals surface area contributed by atoms with Crippen LogP contribution in [0, 0.1) is 18.8 Å². The van der Waals surface area contributed by atoms with Crippen LogP contribution in [0.2, 0.25) is 0 Å². The number of carbonyl (C=O) groups is 3. The molecule has 0 saturated heterocycles. The fourth-order valence-corrected chi connectivity index (χ4v) is 5.59. The second kappa shape index (κ2) is 11.7. The number of nitrogens with zero attached hydrogens (tertiary/aromatic N) is 4. The van der Waals surface area contributed by atoms with Crippen molar-refractivity contribution in [3.05, 3.63) is 46.6 Å². The van der Waals surface area contributed by atoms with Crippen molar-refractivity contribution < 1.29 is 19.2 Å². The molecule has 4 rings (SSSR count). The minimum atomic E-state index is -1.17. The molecular formula is C28H35N6O4S. The summed E-state index contributed by atoms with van der Waals surface area (Å²) in [7, 11) is 0. The molecule has 0 unspecified atom stereocenters. The van der Waals surface area contributed by atoms with Gasteiger partial charge in [-0.3, -0.25) is 29.3 Å². The number of carbonyl (C=O) groups excluding carboxylic acids is 4. The number of nitrogens with one attached hydrogen (secondary N) is 1. The molecule has 10 nitrogen and oxygen atoms in total. The quantitative estimate of drug-likeness (QED) is 0.167. The summed E-state index contributed by atoms with van der Waals surface area (Å²) in [5, 5.41) is 2.95. The van der Waals surface area contributed by atoms with E-state index in [1.165, 1.54) is 17.4 Å². The van der Waals surface area contributed by atoms with Gasteiger partial charge in [0.2, 0.25) is 6.29 Å². The van der Waals surface area contributed by atoms with Crippen molar-refractivity contribution >= 4 is 51.5 Å². The molecule has 1 atom stereocenters. The standard InChI is InChI=1S/C28H35N6O4S/c1-16(2)10-21(14-35)33(25(36)22-15-39-28(30-22)32(13-17(3)4)20-7-8-20)26(37)24-12-19-11-18(5)6-9-23(19)34(24)27(38)31-29/h6,9,11-12,15-17,20-21H,7-8,10,13,29H2,1-5H3,(H,31,38)/t21-/m0/s1. The molecule has 2 aromatic heterocycles. The molecule has 3 N–H and O–H groups in total. The van der Waals surface area contributed by atoms with Gasteiger partial charge >= 0.3 is 6.03 Å². The van der Waals surface area contributed by atoms with Crippen molar-refractivity contribution in [2.24, 2.45) is 17.7 Å². The van der Waals surface area contributed by atoms with Crippen LogP contribution in [0.4, 0.5) is 9.93 Å². The van der Waals surface area contributed by atoms with E-state index < -0.39 is 23.9 Å². The molecule has 3 aromatic rings. The number of anilines is 1. The van der Waals surface area contributed by atoms with Crippen molar-refractivity contribution in [1.82, 2.24) is 19.9 Å². The minimum Gasteiger partial charge on any atom is -0.345 e. The SMILES string of the molecule is Cc1ccc2c(c1)cc(C(=O)N(C(=O)c1csc(N(CC(C)C)C3CC3)n1)[C@H]([C]=O)CC(C)C)n2C(=O)NN. The predicted molar refractivity (Wildman–Crippen MR) is 152 cm³/mol. The number of hydrazine groups is 1. The Morgan fingerprint density at radius 3 is 2.46 bits per heavy atom. The monoisotopic (exact) mass is 551 g/mol. The Morgan fingerprint density at radius 2 is 1.87 bits per heavy atom. The first-order valence-electron chi connectivity index (χ1n) is 13.2. The first-order valence-corrected chi connectivity index (χ1v) is 14.0. The topological polar surface area (TPSA) is 131 Å². The van der Waals surface area contributed by atoms with Crippen LogP contribution in [0.25, 0.3) is 10.9 Å². The summed E-state index contributed by atoms with van der Waals surface area (Å²) in [5.74, 6) is 4.32. The lowest BCUT2D eigenvalue weighted by Gasteiger charge is -2.27. The first-order chi connectivity index (χ1) is 18.5. The molecule has 3 amide bonds. The fourth-order valence-electron chi connectivity index (χ4n) is 4.71. The number of rotatable bonds is 10. The van der Waals surface area contributed by atoms with E-state index in [9.17, 15) is 19.2 Å². The summed E-state index contributed by atoms with van der Waals surface area (Å²) in [6, 6.07) is 5.34. The zero-order valence-electron chi connectivity index (χ0n) is 22.9. The van der Waals surface area contributed by atoms with Crippen LogP contribution >= 0.6 is 11.3 Å². The van der Waals surface area contributed by atoms with Crippen LogP contribution < -0.4 is 16.2 Å². The molecule has 2 heterocycles. The molecule has 1 aliphatic carbocycles. The average Bonchev–Trinajstić information content (AvgIpc) is 3.48. The van der Waals surface area contributed by atoms with E-state index >= 15 is 0 Å². The zero-order chi connectivity index (χ0) is 28.4. The second-order valence-electron chi connectivity index (χ2n) is 10.9. The summed E-state index contributed by atoms with van der Waals surface area (Å²) < 4.78 is 1.12. The maximum absolute atomic E-state index is 14.1. The Morgan fingerprint density at radius 1 is 1.15 bits per heavy atom. The molecule has 1 fully saturated rings. The van der Waals surface area contributed by atoms with Crippen molar-refractivity contribution in [2.45, 2.75) is 66.0 Å². The molecule has 0 bridgehead atoms. The summed E-state index contributed by atoms with van der Waals surface area (Å²) in [5.41, 5.74) is 3.42. The minimum absolute atomic E-state index is 0.0113. The van der Waals surface area contributed by atoms with Crippen molar-refractivity contribution in [2.75, 3.05) is 11.4 Å². The second-order valence-corrected chi connectivity index (χ2v) is 11.7. The normalized spacial score (nSPS) is 14.1. The number of fused-ring (bicyclic) bond motifs is 1. The number of imide groups is 1. The Kier molecular flexibility index (Phi) is 8.51. The summed E-state index contributed by atoms with van der Waals surface area (Å²) in [4.78, 5) is 60.7. The largest absolute Gasteiger partial charge is 0.345 e. The maximum atomic E-state index is 14.1. The van der Waals surface area contributed by atoms with Gasteiger partial charge in [-0.15, -0.1) is 11.3 Å². The highest BCUT2D eigenvalue weighted by molar-refractivity contribution is 7.14. The molecule has 1 radical (unpaired) electrons. The lowest BCUT2D eigenvalue weighted by Crippen LogP contribution is -2.48. The molecule has 0 spiro atoms. The molecule has 1 aromatic carbocycles. The maximum Gasteiger partial charge on any atom is 0.340 e. The van der Waals surface area contributed by atoms with Crippen LogP contribution in [-0.2, 0) is 4.79 Å². The molecule has 1 aliphatic rings. The van der Waals surface area contributed by atoms with Gasteiger partial charge in [0, 0.05) is 23.4 Å². The Hall–Kier alpha value is -3.57. The summed E-state index contributed by atoms with van der Waals surface area (Å²) in [6.07, 6.45) is 4.25. The average molecular weight is 552 g/mol. The predicted octanol–water partition coefficient (Wildman–Crippen LogP) is 4.27. The lowest BCUT2D eigenvalue weighted by atomic mass is 10.0. The lowest BCUT2D eigenvalue weighted by molar-refractivity contribution is 0.0563. The number of aryl methyl sites for hydroxylation is 1. The third kappa shape index (κ3) is 6.04. The number of benzene rings is 1. The number of amides is 3. The highest BCUT2D eigenvalue weighted by Gasteiger charge is 2.37. The summed E-state index contributed by atoms with van der Waals surface area (Å²) in [6.45, 7) is 10.7. The number of thiazole rings is 1. The number of hydrogen-bond donors (Lipinski definition) is 2. The molecule has 207 valence electrons. The van der Waals surface area contributed by atoms with Crippen LogP contribution in [0.5, 0.6) is 0 Å². The fraction of sp³-hybridized carbons (Fsp3) is 0.464.